The lowest BCUT2D eigenvalue weighted by molar-refractivity contribution is -0.384. The van der Waals surface area contributed by atoms with E-state index in [0.717, 1.165) is 5.56 Å². The van der Waals surface area contributed by atoms with Crippen molar-refractivity contribution in [3.05, 3.63) is 51.0 Å². The van der Waals surface area contributed by atoms with E-state index in [2.05, 4.69) is 10.3 Å². The molecule has 0 radical (unpaired) electrons. The van der Waals surface area contributed by atoms with Gasteiger partial charge in [-0.3, -0.25) is 15.1 Å². The maximum Gasteiger partial charge on any atom is 0.310 e. The lowest BCUT2D eigenvalue weighted by Gasteiger charge is -2.04. The summed E-state index contributed by atoms with van der Waals surface area (Å²) in [5.74, 6) is 0. The largest absolute Gasteiger partial charge is 0.375 e. The van der Waals surface area contributed by atoms with E-state index in [-0.39, 0.29) is 5.69 Å². The highest BCUT2D eigenvalue weighted by Gasteiger charge is 2.12. The van der Waals surface area contributed by atoms with Crippen LogP contribution in [-0.4, -0.2) is 9.91 Å². The fourth-order valence-electron chi connectivity index (χ4n) is 1.27. The quantitative estimate of drug-likeness (QED) is 0.653. The van der Waals surface area contributed by atoms with E-state index >= 15 is 0 Å². The van der Waals surface area contributed by atoms with E-state index in [1.807, 2.05) is 16.8 Å². The third-order valence-corrected chi connectivity index (χ3v) is 2.79. The Balaban J connectivity index is 2.12. The molecule has 0 saturated carbocycles. The van der Waals surface area contributed by atoms with Gasteiger partial charge in [-0.25, -0.2) is 0 Å². The number of anilines is 1. The third kappa shape index (κ3) is 2.34. The summed E-state index contributed by atoms with van der Waals surface area (Å²) in [7, 11) is 0. The van der Waals surface area contributed by atoms with E-state index in [9.17, 15) is 10.1 Å². The summed E-state index contributed by atoms with van der Waals surface area (Å²) in [4.78, 5) is 14.0. The van der Waals surface area contributed by atoms with Crippen LogP contribution in [0.4, 0.5) is 11.4 Å². The van der Waals surface area contributed by atoms with Gasteiger partial charge in [-0.2, -0.15) is 11.3 Å². The average Bonchev–Trinajstić information content (AvgIpc) is 2.79. The summed E-state index contributed by atoms with van der Waals surface area (Å²) in [6, 6.07) is 3.58. The molecule has 0 bridgehead atoms. The van der Waals surface area contributed by atoms with Crippen molar-refractivity contribution in [3.63, 3.8) is 0 Å². The first-order valence-corrected chi connectivity index (χ1v) is 5.55. The highest BCUT2D eigenvalue weighted by molar-refractivity contribution is 7.07. The van der Waals surface area contributed by atoms with Crippen LogP contribution in [0.15, 0.2) is 35.3 Å². The molecule has 2 aromatic heterocycles. The van der Waals surface area contributed by atoms with Crippen molar-refractivity contribution in [3.8, 4) is 0 Å². The lowest BCUT2D eigenvalue weighted by Crippen LogP contribution is -2.02. The van der Waals surface area contributed by atoms with Crippen molar-refractivity contribution in [2.24, 2.45) is 0 Å². The van der Waals surface area contributed by atoms with Crippen LogP contribution in [0.3, 0.4) is 0 Å². The highest BCUT2D eigenvalue weighted by atomic mass is 32.1. The first kappa shape index (κ1) is 10.6. The molecule has 0 aliphatic rings. The summed E-state index contributed by atoms with van der Waals surface area (Å²) in [5.41, 5.74) is 1.60. The molecule has 0 atom stereocenters. The zero-order valence-electron chi connectivity index (χ0n) is 8.29. The van der Waals surface area contributed by atoms with Crippen LogP contribution in [0, 0.1) is 10.1 Å². The van der Waals surface area contributed by atoms with Crippen LogP contribution in [0.5, 0.6) is 0 Å². The number of pyridine rings is 1. The van der Waals surface area contributed by atoms with E-state index in [1.165, 1.54) is 12.4 Å². The molecule has 0 unspecified atom stereocenters. The summed E-state index contributed by atoms with van der Waals surface area (Å²) >= 11 is 1.60. The van der Waals surface area contributed by atoms with Gasteiger partial charge >= 0.3 is 5.69 Å². The second-order valence-corrected chi connectivity index (χ2v) is 3.92. The van der Waals surface area contributed by atoms with Gasteiger partial charge in [-0.1, -0.05) is 0 Å². The molecule has 5 nitrogen and oxygen atoms in total. The maximum atomic E-state index is 10.7. The number of aromatic nitrogens is 1. The van der Waals surface area contributed by atoms with Gasteiger partial charge in [0.2, 0.25) is 0 Å². The number of hydrogen-bond acceptors (Lipinski definition) is 5. The van der Waals surface area contributed by atoms with E-state index in [4.69, 9.17) is 0 Å². The summed E-state index contributed by atoms with van der Waals surface area (Å²) in [5, 5.41) is 17.7. The average molecular weight is 235 g/mol. The summed E-state index contributed by atoms with van der Waals surface area (Å²) in [6.07, 6.45) is 2.78. The number of hydrogen-bond donors (Lipinski definition) is 1. The van der Waals surface area contributed by atoms with Crippen molar-refractivity contribution >= 4 is 22.7 Å². The second-order valence-electron chi connectivity index (χ2n) is 3.14. The zero-order chi connectivity index (χ0) is 11.4. The van der Waals surface area contributed by atoms with Crippen molar-refractivity contribution in [2.75, 3.05) is 5.32 Å². The summed E-state index contributed by atoms with van der Waals surface area (Å²) < 4.78 is 0. The Labute approximate surface area is 95.9 Å². The van der Waals surface area contributed by atoms with Gasteiger partial charge in [0.15, 0.2) is 0 Å². The molecule has 16 heavy (non-hydrogen) atoms. The Kier molecular flexibility index (Phi) is 3.11. The van der Waals surface area contributed by atoms with Crippen LogP contribution >= 0.6 is 11.3 Å². The Morgan fingerprint density at radius 2 is 2.38 bits per heavy atom. The molecular weight excluding hydrogens is 226 g/mol. The monoisotopic (exact) mass is 235 g/mol. The number of nitrogens with one attached hydrogen (secondary N) is 1. The fraction of sp³-hybridized carbons (Fsp3) is 0.100. The molecule has 82 valence electrons. The number of nitrogens with zero attached hydrogens (tertiary/aromatic N) is 2. The lowest BCUT2D eigenvalue weighted by atomic mass is 10.3. The molecule has 0 aliphatic carbocycles. The highest BCUT2D eigenvalue weighted by Crippen LogP contribution is 2.22. The van der Waals surface area contributed by atoms with Crippen LogP contribution < -0.4 is 5.32 Å². The van der Waals surface area contributed by atoms with Crippen LogP contribution in [0.2, 0.25) is 0 Å². The van der Waals surface area contributed by atoms with Gasteiger partial charge in [0.05, 0.1) is 4.92 Å². The van der Waals surface area contributed by atoms with Gasteiger partial charge in [-0.15, -0.1) is 0 Å². The molecule has 0 aromatic carbocycles. The van der Waals surface area contributed by atoms with Crippen LogP contribution in [0.25, 0.3) is 0 Å². The Morgan fingerprint density at radius 3 is 3.06 bits per heavy atom. The number of nitro groups is 1. The number of rotatable bonds is 4. The smallest absolute Gasteiger partial charge is 0.310 e. The molecular formula is C10H9N3O2S. The molecule has 2 rings (SSSR count). The van der Waals surface area contributed by atoms with Gasteiger partial charge in [-0.05, 0) is 28.5 Å². The Bertz CT molecular complexity index is 485. The van der Waals surface area contributed by atoms with Gasteiger partial charge < -0.3 is 5.32 Å². The Hall–Kier alpha value is -1.95. The van der Waals surface area contributed by atoms with Gasteiger partial charge in [0.1, 0.15) is 11.9 Å². The van der Waals surface area contributed by atoms with Crippen molar-refractivity contribution < 1.29 is 4.92 Å². The standard InChI is InChI=1S/C10H9N3O2S/c14-13(15)10-6-11-3-1-9(10)12-5-8-2-4-16-7-8/h1-4,6-7H,5H2,(H,11,12). The van der Waals surface area contributed by atoms with Gasteiger partial charge in [0.25, 0.3) is 0 Å². The fourth-order valence-corrected chi connectivity index (χ4v) is 1.94. The SMILES string of the molecule is O=[N+]([O-])c1cnccc1NCc1ccsc1. The molecule has 0 fully saturated rings. The molecule has 0 spiro atoms. The number of thiophene rings is 1. The van der Waals surface area contributed by atoms with Crippen molar-refractivity contribution in [2.45, 2.75) is 6.54 Å². The van der Waals surface area contributed by atoms with E-state index in [0.29, 0.717) is 12.2 Å². The Morgan fingerprint density at radius 1 is 1.50 bits per heavy atom. The first-order valence-electron chi connectivity index (χ1n) is 4.61. The van der Waals surface area contributed by atoms with E-state index < -0.39 is 4.92 Å². The summed E-state index contributed by atoms with van der Waals surface area (Å²) in [6.45, 7) is 0.578. The maximum absolute atomic E-state index is 10.7. The minimum absolute atomic E-state index is 0.00210. The zero-order valence-corrected chi connectivity index (χ0v) is 9.11. The minimum atomic E-state index is -0.442. The second kappa shape index (κ2) is 4.71. The molecule has 6 heteroatoms. The first-order chi connectivity index (χ1) is 7.77. The van der Waals surface area contributed by atoms with Gasteiger partial charge in [0, 0.05) is 12.7 Å². The molecule has 2 aromatic rings. The van der Waals surface area contributed by atoms with Crippen LogP contribution in [0.1, 0.15) is 5.56 Å². The molecule has 0 aliphatic heterocycles. The molecule has 1 N–H and O–H groups in total. The molecule has 0 saturated heterocycles. The molecule has 2 heterocycles. The van der Waals surface area contributed by atoms with Crippen LogP contribution in [-0.2, 0) is 6.54 Å². The normalized spacial score (nSPS) is 10.0. The topological polar surface area (TPSA) is 68.1 Å². The predicted octanol–water partition coefficient (Wildman–Crippen LogP) is 2.66. The predicted molar refractivity (Wildman–Crippen MR) is 62.5 cm³/mol. The van der Waals surface area contributed by atoms with E-state index in [1.54, 1.807) is 17.4 Å². The molecule has 0 amide bonds. The third-order valence-electron chi connectivity index (χ3n) is 2.06. The van der Waals surface area contributed by atoms with Crippen molar-refractivity contribution in [1.82, 2.24) is 4.98 Å². The van der Waals surface area contributed by atoms with Crippen molar-refractivity contribution in [1.29, 1.82) is 0 Å². The minimum Gasteiger partial charge on any atom is -0.375 e.